The molecule has 0 saturated heterocycles. The van der Waals surface area contributed by atoms with Crippen LogP contribution in [-0.2, 0) is 6.42 Å². The summed E-state index contributed by atoms with van der Waals surface area (Å²) in [5.74, 6) is 0.942. The molecular formula is C15H13IO2. The number of hydrogen-bond donors (Lipinski definition) is 0. The van der Waals surface area contributed by atoms with Gasteiger partial charge in [0.1, 0.15) is 5.75 Å². The summed E-state index contributed by atoms with van der Waals surface area (Å²) < 4.78 is 6.22. The number of hydrogen-bond acceptors (Lipinski definition) is 2. The van der Waals surface area contributed by atoms with Crippen molar-refractivity contribution in [1.82, 2.24) is 0 Å². The molecule has 0 unspecified atom stereocenters. The Morgan fingerprint density at radius 2 is 1.67 bits per heavy atom. The summed E-state index contributed by atoms with van der Waals surface area (Å²) in [6.07, 6.45) is 0.421. The molecule has 0 aliphatic rings. The third kappa shape index (κ3) is 3.32. The Hall–Kier alpha value is -1.36. The third-order valence-electron chi connectivity index (χ3n) is 2.69. The van der Waals surface area contributed by atoms with E-state index < -0.39 is 0 Å². The molecule has 0 spiro atoms. The lowest BCUT2D eigenvalue weighted by Crippen LogP contribution is -2.03. The highest BCUT2D eigenvalue weighted by molar-refractivity contribution is 14.1. The van der Waals surface area contributed by atoms with E-state index >= 15 is 0 Å². The normalized spacial score (nSPS) is 10.1. The van der Waals surface area contributed by atoms with E-state index in [-0.39, 0.29) is 5.78 Å². The highest BCUT2D eigenvalue weighted by Gasteiger charge is 2.06. The highest BCUT2D eigenvalue weighted by atomic mass is 127. The van der Waals surface area contributed by atoms with Crippen molar-refractivity contribution in [3.8, 4) is 5.75 Å². The summed E-state index contributed by atoms with van der Waals surface area (Å²) in [5.41, 5.74) is 1.76. The first-order chi connectivity index (χ1) is 8.69. The molecule has 0 N–H and O–H groups in total. The maximum absolute atomic E-state index is 12.0. The fraction of sp³-hybridized carbons (Fsp3) is 0.133. The van der Waals surface area contributed by atoms with Gasteiger partial charge in [0.25, 0.3) is 0 Å². The second-order valence-electron chi connectivity index (χ2n) is 3.95. The van der Waals surface area contributed by atoms with Crippen LogP contribution in [-0.4, -0.2) is 12.9 Å². The highest BCUT2D eigenvalue weighted by Crippen LogP contribution is 2.14. The summed E-state index contributed by atoms with van der Waals surface area (Å²) in [4.78, 5) is 12.0. The minimum absolute atomic E-state index is 0.136. The van der Waals surface area contributed by atoms with E-state index in [0.717, 1.165) is 20.4 Å². The topological polar surface area (TPSA) is 26.3 Å². The predicted octanol–water partition coefficient (Wildman–Crippen LogP) is 3.73. The first-order valence-corrected chi connectivity index (χ1v) is 6.68. The fourth-order valence-electron chi connectivity index (χ4n) is 1.67. The zero-order valence-electron chi connectivity index (χ0n) is 10.0. The number of rotatable bonds is 4. The molecule has 0 aliphatic carbocycles. The van der Waals surface area contributed by atoms with Crippen LogP contribution < -0.4 is 4.74 Å². The van der Waals surface area contributed by atoms with E-state index in [1.807, 2.05) is 48.5 Å². The van der Waals surface area contributed by atoms with Gasteiger partial charge in [0.2, 0.25) is 0 Å². The van der Waals surface area contributed by atoms with Gasteiger partial charge in [0.15, 0.2) is 5.78 Å². The molecule has 0 bridgehead atoms. The van der Waals surface area contributed by atoms with Gasteiger partial charge in [0, 0.05) is 15.6 Å². The molecule has 0 aromatic heterocycles. The third-order valence-corrected chi connectivity index (χ3v) is 3.41. The van der Waals surface area contributed by atoms with Gasteiger partial charge in [-0.2, -0.15) is 0 Å². The lowest BCUT2D eigenvalue weighted by Gasteiger charge is -2.03. The van der Waals surface area contributed by atoms with E-state index in [1.54, 1.807) is 7.11 Å². The predicted molar refractivity (Wildman–Crippen MR) is 80.2 cm³/mol. The van der Waals surface area contributed by atoms with Crippen LogP contribution in [0.3, 0.4) is 0 Å². The lowest BCUT2D eigenvalue weighted by molar-refractivity contribution is 0.0993. The van der Waals surface area contributed by atoms with Crippen molar-refractivity contribution in [3.05, 3.63) is 63.2 Å². The summed E-state index contributed by atoms with van der Waals surface area (Å²) in [5, 5.41) is 0. The van der Waals surface area contributed by atoms with E-state index in [0.29, 0.717) is 6.42 Å². The van der Waals surface area contributed by atoms with Crippen molar-refractivity contribution in [2.45, 2.75) is 6.42 Å². The molecule has 0 atom stereocenters. The van der Waals surface area contributed by atoms with E-state index in [9.17, 15) is 4.79 Å². The molecule has 2 aromatic rings. The maximum Gasteiger partial charge on any atom is 0.167 e. The Bertz CT molecular complexity index is 529. The average molecular weight is 352 g/mol. The van der Waals surface area contributed by atoms with Crippen LogP contribution in [0.25, 0.3) is 0 Å². The number of methoxy groups -OCH3 is 1. The molecule has 0 radical (unpaired) electrons. The fourth-order valence-corrected chi connectivity index (χ4v) is 2.03. The van der Waals surface area contributed by atoms with Gasteiger partial charge in [-0.25, -0.2) is 0 Å². The SMILES string of the molecule is COc1ccc(CC(=O)c2ccc(I)cc2)cc1. The Morgan fingerprint density at radius 1 is 1.06 bits per heavy atom. The molecule has 2 rings (SSSR count). The first-order valence-electron chi connectivity index (χ1n) is 5.61. The number of carbonyl (C=O) groups is 1. The summed E-state index contributed by atoms with van der Waals surface area (Å²) >= 11 is 2.23. The van der Waals surface area contributed by atoms with Crippen molar-refractivity contribution >= 4 is 28.4 Å². The molecule has 0 saturated carbocycles. The Labute approximate surface area is 120 Å². The van der Waals surface area contributed by atoms with Gasteiger partial charge in [0.05, 0.1) is 7.11 Å². The average Bonchev–Trinajstić information content (AvgIpc) is 2.40. The Morgan fingerprint density at radius 3 is 2.22 bits per heavy atom. The molecule has 3 heteroatoms. The quantitative estimate of drug-likeness (QED) is 0.619. The van der Waals surface area contributed by atoms with Crippen molar-refractivity contribution in [2.75, 3.05) is 7.11 Å². The number of Topliss-reactive ketones (excluding diaryl/α,β-unsaturated/α-hetero) is 1. The summed E-state index contributed by atoms with van der Waals surface area (Å²) in [7, 11) is 1.63. The first kappa shape index (κ1) is 13.1. The van der Waals surface area contributed by atoms with Crippen LogP contribution >= 0.6 is 22.6 Å². The zero-order valence-corrected chi connectivity index (χ0v) is 12.2. The van der Waals surface area contributed by atoms with Gasteiger partial charge in [-0.1, -0.05) is 24.3 Å². The van der Waals surface area contributed by atoms with Crippen LogP contribution in [0.5, 0.6) is 5.75 Å². The second-order valence-corrected chi connectivity index (χ2v) is 5.20. The summed E-state index contributed by atoms with van der Waals surface area (Å²) in [6, 6.07) is 15.2. The number of carbonyl (C=O) groups excluding carboxylic acids is 1. The molecule has 92 valence electrons. The zero-order chi connectivity index (χ0) is 13.0. The molecule has 0 fully saturated rings. The van der Waals surface area contributed by atoms with Crippen LogP contribution in [0.1, 0.15) is 15.9 Å². The maximum atomic E-state index is 12.0. The lowest BCUT2D eigenvalue weighted by atomic mass is 10.0. The largest absolute Gasteiger partial charge is 0.497 e. The smallest absolute Gasteiger partial charge is 0.167 e. The molecule has 2 nitrogen and oxygen atoms in total. The minimum Gasteiger partial charge on any atom is -0.497 e. The number of halogens is 1. The number of ketones is 1. The molecule has 2 aromatic carbocycles. The number of ether oxygens (including phenoxy) is 1. The van der Waals surface area contributed by atoms with Crippen LogP contribution in [0, 0.1) is 3.57 Å². The Balaban J connectivity index is 2.08. The molecule has 0 amide bonds. The molecule has 18 heavy (non-hydrogen) atoms. The van der Waals surface area contributed by atoms with Crippen LogP contribution in [0.15, 0.2) is 48.5 Å². The van der Waals surface area contributed by atoms with Crippen molar-refractivity contribution in [1.29, 1.82) is 0 Å². The van der Waals surface area contributed by atoms with E-state index in [2.05, 4.69) is 22.6 Å². The standard InChI is InChI=1S/C15H13IO2/c1-18-14-8-2-11(3-9-14)10-15(17)12-4-6-13(16)7-5-12/h2-9H,10H2,1H3. The van der Waals surface area contributed by atoms with Gasteiger partial charge in [-0.05, 0) is 52.4 Å². The van der Waals surface area contributed by atoms with Gasteiger partial charge < -0.3 is 4.74 Å². The van der Waals surface area contributed by atoms with Crippen molar-refractivity contribution < 1.29 is 9.53 Å². The number of benzene rings is 2. The minimum atomic E-state index is 0.136. The van der Waals surface area contributed by atoms with Gasteiger partial charge >= 0.3 is 0 Å². The van der Waals surface area contributed by atoms with Crippen LogP contribution in [0.2, 0.25) is 0 Å². The van der Waals surface area contributed by atoms with E-state index in [4.69, 9.17) is 4.74 Å². The van der Waals surface area contributed by atoms with Crippen molar-refractivity contribution in [3.63, 3.8) is 0 Å². The van der Waals surface area contributed by atoms with Crippen LogP contribution in [0.4, 0.5) is 0 Å². The van der Waals surface area contributed by atoms with Gasteiger partial charge in [-0.15, -0.1) is 0 Å². The van der Waals surface area contributed by atoms with E-state index in [1.165, 1.54) is 0 Å². The van der Waals surface area contributed by atoms with Crippen molar-refractivity contribution in [2.24, 2.45) is 0 Å². The van der Waals surface area contributed by atoms with Gasteiger partial charge in [-0.3, -0.25) is 4.79 Å². The second kappa shape index (κ2) is 6.00. The molecule has 0 heterocycles. The summed E-state index contributed by atoms with van der Waals surface area (Å²) in [6.45, 7) is 0. The monoisotopic (exact) mass is 352 g/mol. The Kier molecular flexibility index (Phi) is 4.36. The molecule has 0 aliphatic heterocycles. The molecular weight excluding hydrogens is 339 g/mol.